The predicted octanol–water partition coefficient (Wildman–Crippen LogP) is 4.57. The summed E-state index contributed by atoms with van der Waals surface area (Å²) < 4.78 is 2.42. The average molecular weight is 297 g/mol. The Balaban J connectivity index is 2.01. The Hall–Kier alpha value is -1.64. The van der Waals surface area contributed by atoms with Crippen molar-refractivity contribution >= 4 is 0 Å². The van der Waals surface area contributed by atoms with Crippen LogP contribution in [0.4, 0.5) is 0 Å². The van der Waals surface area contributed by atoms with E-state index in [4.69, 9.17) is 0 Å². The highest BCUT2D eigenvalue weighted by Gasteiger charge is 2.27. The van der Waals surface area contributed by atoms with Gasteiger partial charge in [-0.25, -0.2) is 0 Å². The van der Waals surface area contributed by atoms with E-state index in [-0.39, 0.29) is 0 Å². The normalized spacial score (nSPS) is 18.1. The van der Waals surface area contributed by atoms with Gasteiger partial charge in [-0.3, -0.25) is 0 Å². The largest absolute Gasteiger partial charge is 0.314 e. The van der Waals surface area contributed by atoms with Crippen molar-refractivity contribution in [2.75, 3.05) is 0 Å². The number of rotatable bonds is 4. The number of aromatic nitrogens is 3. The summed E-state index contributed by atoms with van der Waals surface area (Å²) in [4.78, 5) is 0. The van der Waals surface area contributed by atoms with Crippen LogP contribution < -0.4 is 0 Å². The quantitative estimate of drug-likeness (QED) is 0.827. The Kier molecular flexibility index (Phi) is 4.91. The molecule has 1 aliphatic heterocycles. The molecular formula is C19H27N3. The number of nitrogens with zero attached hydrogens (tertiary/aromatic N) is 3. The summed E-state index contributed by atoms with van der Waals surface area (Å²) in [6.07, 6.45) is 7.39. The second kappa shape index (κ2) is 7.08. The lowest BCUT2D eigenvalue weighted by Crippen LogP contribution is -2.19. The summed E-state index contributed by atoms with van der Waals surface area (Å²) in [6, 6.07) is 10.8. The fraction of sp³-hybridized carbons (Fsp3) is 0.579. The smallest absolute Gasteiger partial charge is 0.140 e. The van der Waals surface area contributed by atoms with Crippen LogP contribution in [0.25, 0.3) is 0 Å². The molecule has 1 aromatic heterocycles. The highest BCUT2D eigenvalue weighted by atomic mass is 15.3. The molecule has 0 fully saturated rings. The molecule has 3 rings (SSSR count). The van der Waals surface area contributed by atoms with E-state index in [1.165, 1.54) is 42.9 Å². The molecule has 0 N–H and O–H groups in total. The molecule has 2 unspecified atom stereocenters. The van der Waals surface area contributed by atoms with E-state index in [1.54, 1.807) is 0 Å². The van der Waals surface area contributed by atoms with Gasteiger partial charge in [0.2, 0.25) is 0 Å². The molecule has 0 amide bonds. The standard InChI is InChI=1S/C19H27N3/c1-3-15(2)18(16-11-7-6-8-12-16)19-21-20-17-13-9-4-5-10-14-22(17)19/h6-8,11-12,15,18H,3-5,9-10,13-14H2,1-2H3. The van der Waals surface area contributed by atoms with Crippen LogP contribution in [0, 0.1) is 5.92 Å². The molecule has 0 bridgehead atoms. The molecule has 0 saturated heterocycles. The third-order valence-electron chi connectivity index (χ3n) is 5.04. The zero-order valence-electron chi connectivity index (χ0n) is 13.8. The van der Waals surface area contributed by atoms with Crippen LogP contribution >= 0.6 is 0 Å². The van der Waals surface area contributed by atoms with E-state index >= 15 is 0 Å². The second-order valence-corrected chi connectivity index (χ2v) is 6.56. The molecule has 1 aromatic carbocycles. The van der Waals surface area contributed by atoms with Crippen LogP contribution in [0.1, 0.15) is 69.1 Å². The number of fused-ring (bicyclic) bond motifs is 1. The Morgan fingerprint density at radius 1 is 1.05 bits per heavy atom. The van der Waals surface area contributed by atoms with Crippen LogP contribution in [0.3, 0.4) is 0 Å². The lowest BCUT2D eigenvalue weighted by molar-refractivity contribution is 0.441. The summed E-state index contributed by atoms with van der Waals surface area (Å²) >= 11 is 0. The van der Waals surface area contributed by atoms with E-state index in [2.05, 4.69) is 58.9 Å². The zero-order chi connectivity index (χ0) is 15.4. The van der Waals surface area contributed by atoms with Crippen molar-refractivity contribution in [3.05, 3.63) is 47.5 Å². The van der Waals surface area contributed by atoms with Gasteiger partial charge in [0, 0.05) is 18.9 Å². The van der Waals surface area contributed by atoms with Crippen molar-refractivity contribution in [3.8, 4) is 0 Å². The Morgan fingerprint density at radius 3 is 2.59 bits per heavy atom. The molecule has 2 aromatic rings. The monoisotopic (exact) mass is 297 g/mol. The third-order valence-corrected chi connectivity index (χ3v) is 5.04. The summed E-state index contributed by atoms with van der Waals surface area (Å²) in [7, 11) is 0. The third kappa shape index (κ3) is 3.08. The summed E-state index contributed by atoms with van der Waals surface area (Å²) in [6.45, 7) is 5.69. The lowest BCUT2D eigenvalue weighted by Gasteiger charge is -2.24. The van der Waals surface area contributed by atoms with Gasteiger partial charge in [0.25, 0.3) is 0 Å². The van der Waals surface area contributed by atoms with E-state index < -0.39 is 0 Å². The molecule has 0 saturated carbocycles. The van der Waals surface area contributed by atoms with Gasteiger partial charge in [0.15, 0.2) is 0 Å². The van der Waals surface area contributed by atoms with Gasteiger partial charge < -0.3 is 4.57 Å². The van der Waals surface area contributed by atoms with Crippen LogP contribution in [0.2, 0.25) is 0 Å². The van der Waals surface area contributed by atoms with Gasteiger partial charge in [0.1, 0.15) is 11.6 Å². The van der Waals surface area contributed by atoms with Gasteiger partial charge in [-0.15, -0.1) is 10.2 Å². The van der Waals surface area contributed by atoms with Gasteiger partial charge in [-0.05, 0) is 24.3 Å². The first kappa shape index (κ1) is 15.3. The highest BCUT2D eigenvalue weighted by molar-refractivity contribution is 5.27. The molecule has 3 nitrogen and oxygen atoms in total. The fourth-order valence-corrected chi connectivity index (χ4v) is 3.54. The molecule has 2 atom stereocenters. The minimum atomic E-state index is 0.354. The topological polar surface area (TPSA) is 30.7 Å². The average Bonchev–Trinajstić information content (AvgIpc) is 2.90. The van der Waals surface area contributed by atoms with Gasteiger partial charge in [-0.1, -0.05) is 63.4 Å². The van der Waals surface area contributed by atoms with E-state index in [0.717, 1.165) is 19.4 Å². The molecule has 2 heterocycles. The van der Waals surface area contributed by atoms with Crippen LogP contribution in [-0.4, -0.2) is 14.8 Å². The van der Waals surface area contributed by atoms with Crippen LogP contribution in [0.15, 0.2) is 30.3 Å². The van der Waals surface area contributed by atoms with E-state index in [9.17, 15) is 0 Å². The molecular weight excluding hydrogens is 270 g/mol. The molecule has 118 valence electrons. The summed E-state index contributed by atoms with van der Waals surface area (Å²) in [5.41, 5.74) is 1.37. The van der Waals surface area contributed by atoms with Crippen molar-refractivity contribution in [3.63, 3.8) is 0 Å². The van der Waals surface area contributed by atoms with Crippen molar-refractivity contribution in [2.24, 2.45) is 5.92 Å². The van der Waals surface area contributed by atoms with E-state index in [1.807, 2.05) is 0 Å². The maximum atomic E-state index is 4.64. The Morgan fingerprint density at radius 2 is 1.82 bits per heavy atom. The number of hydrogen-bond acceptors (Lipinski definition) is 2. The van der Waals surface area contributed by atoms with Crippen molar-refractivity contribution < 1.29 is 0 Å². The Bertz CT molecular complexity index is 588. The molecule has 22 heavy (non-hydrogen) atoms. The van der Waals surface area contributed by atoms with Crippen LogP contribution in [-0.2, 0) is 13.0 Å². The second-order valence-electron chi connectivity index (χ2n) is 6.56. The van der Waals surface area contributed by atoms with Gasteiger partial charge in [0.05, 0.1) is 0 Å². The van der Waals surface area contributed by atoms with Crippen molar-refractivity contribution in [2.45, 2.75) is 64.8 Å². The predicted molar refractivity (Wildman–Crippen MR) is 89.9 cm³/mol. The minimum Gasteiger partial charge on any atom is -0.314 e. The first-order chi connectivity index (χ1) is 10.8. The fourth-order valence-electron chi connectivity index (χ4n) is 3.54. The van der Waals surface area contributed by atoms with E-state index in [0.29, 0.717) is 11.8 Å². The molecule has 0 aliphatic carbocycles. The zero-order valence-corrected chi connectivity index (χ0v) is 13.8. The number of aryl methyl sites for hydroxylation is 1. The first-order valence-corrected chi connectivity index (χ1v) is 8.78. The van der Waals surface area contributed by atoms with Crippen molar-refractivity contribution in [1.82, 2.24) is 14.8 Å². The van der Waals surface area contributed by atoms with Crippen molar-refractivity contribution in [1.29, 1.82) is 0 Å². The number of hydrogen-bond donors (Lipinski definition) is 0. The van der Waals surface area contributed by atoms with Crippen LogP contribution in [0.5, 0.6) is 0 Å². The maximum Gasteiger partial charge on any atom is 0.140 e. The SMILES string of the molecule is CCC(C)C(c1ccccc1)c1nnc2n1CCCCCC2. The van der Waals surface area contributed by atoms with Gasteiger partial charge >= 0.3 is 0 Å². The lowest BCUT2D eigenvalue weighted by atomic mass is 9.84. The Labute approximate surface area is 133 Å². The van der Waals surface area contributed by atoms with Gasteiger partial charge in [-0.2, -0.15) is 0 Å². The minimum absolute atomic E-state index is 0.354. The maximum absolute atomic E-state index is 4.64. The summed E-state index contributed by atoms with van der Waals surface area (Å²) in [5, 5.41) is 9.17. The highest BCUT2D eigenvalue weighted by Crippen LogP contribution is 2.33. The summed E-state index contributed by atoms with van der Waals surface area (Å²) in [5.74, 6) is 3.30. The molecule has 3 heteroatoms. The molecule has 0 spiro atoms. The number of benzene rings is 1. The first-order valence-electron chi connectivity index (χ1n) is 8.78. The molecule has 0 radical (unpaired) electrons. The molecule has 1 aliphatic rings.